The fraction of sp³-hybridized carbons (Fsp3) is 0.120. The van der Waals surface area contributed by atoms with Crippen LogP contribution in [-0.2, 0) is 11.8 Å². The van der Waals surface area contributed by atoms with Gasteiger partial charge in [-0.25, -0.2) is 0 Å². The minimum Gasteiger partial charge on any atom is -0.313 e. The molecule has 7 aromatic rings. The van der Waals surface area contributed by atoms with Crippen molar-refractivity contribution >= 4 is 33.9 Å². The van der Waals surface area contributed by atoms with E-state index in [2.05, 4.69) is 199 Å². The molecule has 2 heterocycles. The van der Waals surface area contributed by atoms with Crippen LogP contribution < -0.4 is 4.90 Å². The molecule has 0 fully saturated rings. The SMILES string of the molecule is CC1Cc2c(c3ccccc3n2-c2cc(-c3ccccc3)cc(-c3ccccc3)c2)C=C1c1ccc(N2C3=CC=CCC3(C)c3ccccc32)cc1. The molecule has 0 saturated carbocycles. The fourth-order valence-electron chi connectivity index (χ4n) is 9.04. The van der Waals surface area contributed by atoms with Gasteiger partial charge in [0.25, 0.3) is 0 Å². The minimum atomic E-state index is -0.00247. The number of rotatable bonds is 5. The van der Waals surface area contributed by atoms with E-state index in [-0.39, 0.29) is 5.41 Å². The summed E-state index contributed by atoms with van der Waals surface area (Å²) in [5, 5.41) is 1.30. The van der Waals surface area contributed by atoms with E-state index in [1.165, 1.54) is 83.9 Å². The average molecular weight is 669 g/mol. The van der Waals surface area contributed by atoms with E-state index in [9.17, 15) is 0 Å². The Morgan fingerprint density at radius 1 is 0.615 bits per heavy atom. The third kappa shape index (κ3) is 4.78. The Labute approximate surface area is 306 Å². The monoisotopic (exact) mass is 668 g/mol. The molecule has 3 aliphatic rings. The quantitative estimate of drug-likeness (QED) is 0.177. The second-order valence-corrected chi connectivity index (χ2v) is 14.8. The molecule has 1 aliphatic heterocycles. The normalized spacial score (nSPS) is 18.8. The molecular formula is C50H40N2. The van der Waals surface area contributed by atoms with E-state index >= 15 is 0 Å². The van der Waals surface area contributed by atoms with Crippen molar-refractivity contribution in [2.45, 2.75) is 32.1 Å². The third-order valence-electron chi connectivity index (χ3n) is 11.7. The summed E-state index contributed by atoms with van der Waals surface area (Å²) in [6.45, 7) is 4.78. The van der Waals surface area contributed by atoms with Gasteiger partial charge in [-0.2, -0.15) is 0 Å². The summed E-state index contributed by atoms with van der Waals surface area (Å²) in [5.41, 5.74) is 18.0. The van der Waals surface area contributed by atoms with E-state index in [0.717, 1.165) is 12.8 Å². The second kappa shape index (κ2) is 12.0. The van der Waals surface area contributed by atoms with Crippen molar-refractivity contribution in [2.75, 3.05) is 4.90 Å². The van der Waals surface area contributed by atoms with Crippen molar-refractivity contribution < 1.29 is 0 Å². The number of nitrogens with zero attached hydrogens (tertiary/aromatic N) is 2. The molecule has 2 nitrogen and oxygen atoms in total. The van der Waals surface area contributed by atoms with Crippen LogP contribution in [0.1, 0.15) is 42.7 Å². The first kappa shape index (κ1) is 30.7. The number of benzene rings is 6. The lowest BCUT2D eigenvalue weighted by atomic mass is 9.77. The molecule has 1 aromatic heterocycles. The predicted molar refractivity (Wildman–Crippen MR) is 219 cm³/mol. The molecular weight excluding hydrogens is 629 g/mol. The number of fused-ring (bicyclic) bond motifs is 6. The van der Waals surface area contributed by atoms with Crippen LogP contribution in [0.3, 0.4) is 0 Å². The molecule has 250 valence electrons. The summed E-state index contributed by atoms with van der Waals surface area (Å²) in [6, 6.07) is 55.8. The lowest BCUT2D eigenvalue weighted by Crippen LogP contribution is -2.26. The molecule has 0 radical (unpaired) electrons. The summed E-state index contributed by atoms with van der Waals surface area (Å²) in [4.78, 5) is 2.47. The average Bonchev–Trinajstić information content (AvgIpc) is 3.66. The molecule has 0 N–H and O–H groups in total. The van der Waals surface area contributed by atoms with Crippen molar-refractivity contribution in [1.29, 1.82) is 0 Å². The van der Waals surface area contributed by atoms with Gasteiger partial charge in [0.1, 0.15) is 0 Å². The Bertz CT molecular complexity index is 2530. The Morgan fingerprint density at radius 3 is 2.00 bits per heavy atom. The number of hydrogen-bond acceptors (Lipinski definition) is 1. The van der Waals surface area contributed by atoms with E-state index in [4.69, 9.17) is 0 Å². The topological polar surface area (TPSA) is 8.17 Å². The lowest BCUT2D eigenvalue weighted by Gasteiger charge is -2.31. The van der Waals surface area contributed by atoms with Gasteiger partial charge >= 0.3 is 0 Å². The van der Waals surface area contributed by atoms with Crippen LogP contribution in [0, 0.1) is 5.92 Å². The maximum absolute atomic E-state index is 2.53. The molecule has 2 heteroatoms. The van der Waals surface area contributed by atoms with Crippen LogP contribution in [0.4, 0.5) is 11.4 Å². The minimum absolute atomic E-state index is 0.00247. The molecule has 2 atom stereocenters. The van der Waals surface area contributed by atoms with Crippen molar-refractivity contribution in [3.63, 3.8) is 0 Å². The smallest absolute Gasteiger partial charge is 0.0537 e. The molecule has 0 saturated heterocycles. The summed E-state index contributed by atoms with van der Waals surface area (Å²) in [5.74, 6) is 0.356. The van der Waals surface area contributed by atoms with Gasteiger partial charge < -0.3 is 9.47 Å². The van der Waals surface area contributed by atoms with Crippen LogP contribution in [0.15, 0.2) is 176 Å². The summed E-state index contributed by atoms with van der Waals surface area (Å²) < 4.78 is 2.53. The predicted octanol–water partition coefficient (Wildman–Crippen LogP) is 13.0. The molecule has 0 amide bonds. The van der Waals surface area contributed by atoms with Gasteiger partial charge in [0.2, 0.25) is 0 Å². The van der Waals surface area contributed by atoms with Gasteiger partial charge in [-0.1, -0.05) is 128 Å². The summed E-state index contributed by atoms with van der Waals surface area (Å²) in [7, 11) is 0. The van der Waals surface area contributed by atoms with Gasteiger partial charge in [0, 0.05) is 44.8 Å². The van der Waals surface area contributed by atoms with Gasteiger partial charge in [-0.15, -0.1) is 0 Å². The number of para-hydroxylation sites is 2. The van der Waals surface area contributed by atoms with Gasteiger partial charge in [-0.05, 0) is 119 Å². The van der Waals surface area contributed by atoms with Crippen LogP contribution in [0.25, 0.3) is 50.5 Å². The molecule has 10 rings (SSSR count). The first-order valence-corrected chi connectivity index (χ1v) is 18.5. The van der Waals surface area contributed by atoms with Crippen molar-refractivity contribution in [3.8, 4) is 27.9 Å². The van der Waals surface area contributed by atoms with Crippen LogP contribution in [-0.4, -0.2) is 4.57 Å². The largest absolute Gasteiger partial charge is 0.313 e. The second-order valence-electron chi connectivity index (χ2n) is 14.8. The highest BCUT2D eigenvalue weighted by atomic mass is 15.2. The molecule has 0 spiro atoms. The maximum Gasteiger partial charge on any atom is 0.0537 e. The molecule has 6 aromatic carbocycles. The van der Waals surface area contributed by atoms with Crippen LogP contribution >= 0.6 is 0 Å². The number of allylic oxidation sites excluding steroid dienone is 5. The number of aromatic nitrogens is 1. The molecule has 2 unspecified atom stereocenters. The fourth-order valence-corrected chi connectivity index (χ4v) is 9.04. The highest BCUT2D eigenvalue weighted by Crippen LogP contribution is 2.54. The van der Waals surface area contributed by atoms with E-state index in [1.54, 1.807) is 0 Å². The Morgan fingerprint density at radius 2 is 1.27 bits per heavy atom. The summed E-state index contributed by atoms with van der Waals surface area (Å²) >= 11 is 0. The van der Waals surface area contributed by atoms with E-state index in [0.29, 0.717) is 5.92 Å². The Balaban J connectivity index is 1.08. The van der Waals surface area contributed by atoms with Crippen LogP contribution in [0.5, 0.6) is 0 Å². The van der Waals surface area contributed by atoms with Crippen LogP contribution in [0.2, 0.25) is 0 Å². The molecule has 2 aliphatic carbocycles. The van der Waals surface area contributed by atoms with Crippen molar-refractivity contribution in [3.05, 3.63) is 198 Å². The lowest BCUT2D eigenvalue weighted by molar-refractivity contribution is 0.577. The van der Waals surface area contributed by atoms with E-state index in [1.807, 2.05) is 0 Å². The zero-order chi connectivity index (χ0) is 34.8. The number of hydrogen-bond donors (Lipinski definition) is 0. The highest BCUT2D eigenvalue weighted by Gasteiger charge is 2.44. The van der Waals surface area contributed by atoms with Gasteiger partial charge in [-0.3, -0.25) is 0 Å². The van der Waals surface area contributed by atoms with Gasteiger partial charge in [0.15, 0.2) is 0 Å². The van der Waals surface area contributed by atoms with Crippen molar-refractivity contribution in [2.24, 2.45) is 5.92 Å². The van der Waals surface area contributed by atoms with E-state index < -0.39 is 0 Å². The summed E-state index contributed by atoms with van der Waals surface area (Å²) in [6.07, 6.45) is 11.3. The Hall–Kier alpha value is -6.12. The standard InChI is InChI=1S/C50H40N2/c1-34-29-48-44(33-43(34)37-24-26-40(27-25-37)52-47-22-12-10-20-45(47)50(2)28-14-13-23-49(50)52)42-19-9-11-21-46(42)51(48)41-31-38(35-15-5-3-6-16-35)30-39(32-41)36-17-7-4-8-18-36/h3-27,30-34H,28-29H2,1-2H3. The zero-order valence-electron chi connectivity index (χ0n) is 29.6. The molecule has 52 heavy (non-hydrogen) atoms. The van der Waals surface area contributed by atoms with Crippen molar-refractivity contribution in [1.82, 2.24) is 4.57 Å². The molecule has 0 bridgehead atoms. The number of anilines is 2. The first-order chi connectivity index (χ1) is 25.6. The zero-order valence-corrected chi connectivity index (χ0v) is 29.6. The highest BCUT2D eigenvalue weighted by molar-refractivity contribution is 5.99. The first-order valence-electron chi connectivity index (χ1n) is 18.5. The Kier molecular flexibility index (Phi) is 7.08. The maximum atomic E-state index is 2.53. The van der Waals surface area contributed by atoms with Gasteiger partial charge in [0.05, 0.1) is 5.52 Å². The third-order valence-corrected chi connectivity index (χ3v) is 11.7.